The Morgan fingerprint density at radius 1 is 0.333 bits per heavy atom. The summed E-state index contributed by atoms with van der Waals surface area (Å²) in [5.74, 6) is -0.0188. The first-order chi connectivity index (χ1) is 27.9. The van der Waals surface area contributed by atoms with Crippen LogP contribution in [-0.2, 0) is 28.6 Å². The third-order valence-corrected chi connectivity index (χ3v) is 11.5. The van der Waals surface area contributed by atoms with Gasteiger partial charge in [0.15, 0.2) is 6.10 Å². The number of esters is 3. The lowest BCUT2D eigenvalue weighted by Gasteiger charge is -2.18. The standard InChI is InChI=1S/C51H98O6/c1-5-7-9-11-13-15-17-19-23-26-30-34-38-42-49(52)55-45-48(57-51(54)44-40-36-32-28-22-18-16-14-12-10-8-6-2)46-56-50(53)43-39-35-31-27-24-20-21-25-29-33-37-41-47(3)4/h47-48H,5-46H2,1-4H3/t48-/m0/s1. The number of unbranched alkanes of at least 4 members (excludes halogenated alkanes) is 33. The molecule has 0 aromatic rings. The molecule has 0 amide bonds. The van der Waals surface area contributed by atoms with Gasteiger partial charge in [0, 0.05) is 19.3 Å². The van der Waals surface area contributed by atoms with Crippen LogP contribution in [0.1, 0.15) is 285 Å². The SMILES string of the molecule is CCCCCCCCCCCCCCCC(=O)OC[C@@H](COC(=O)CCCCCCCCCCCCCC(C)C)OC(=O)CCCCCCCCCCCCCC. The predicted octanol–water partition coefficient (Wildman–Crippen LogP) is 16.3. The van der Waals surface area contributed by atoms with E-state index >= 15 is 0 Å². The van der Waals surface area contributed by atoms with Crippen molar-refractivity contribution in [2.75, 3.05) is 13.2 Å². The van der Waals surface area contributed by atoms with E-state index in [0.717, 1.165) is 63.7 Å². The molecule has 0 N–H and O–H groups in total. The van der Waals surface area contributed by atoms with Crippen LogP contribution in [0.15, 0.2) is 0 Å². The summed E-state index contributed by atoms with van der Waals surface area (Å²) >= 11 is 0. The van der Waals surface area contributed by atoms with Gasteiger partial charge in [0.05, 0.1) is 0 Å². The van der Waals surface area contributed by atoms with E-state index in [1.165, 1.54) is 180 Å². The molecule has 0 unspecified atom stereocenters. The molecule has 0 aromatic carbocycles. The van der Waals surface area contributed by atoms with E-state index in [4.69, 9.17) is 14.2 Å². The van der Waals surface area contributed by atoms with E-state index in [9.17, 15) is 14.4 Å². The van der Waals surface area contributed by atoms with Crippen molar-refractivity contribution in [1.29, 1.82) is 0 Å². The van der Waals surface area contributed by atoms with Crippen LogP contribution >= 0.6 is 0 Å². The largest absolute Gasteiger partial charge is 0.462 e. The van der Waals surface area contributed by atoms with Gasteiger partial charge >= 0.3 is 17.9 Å². The van der Waals surface area contributed by atoms with E-state index in [2.05, 4.69) is 27.7 Å². The van der Waals surface area contributed by atoms with Gasteiger partial charge in [-0.25, -0.2) is 0 Å². The second kappa shape index (κ2) is 45.5. The van der Waals surface area contributed by atoms with E-state index in [1.54, 1.807) is 0 Å². The molecule has 0 spiro atoms. The summed E-state index contributed by atoms with van der Waals surface area (Å²) in [5.41, 5.74) is 0. The fraction of sp³-hybridized carbons (Fsp3) is 0.941. The van der Waals surface area contributed by atoms with E-state index in [1.807, 2.05) is 0 Å². The number of hydrogen-bond acceptors (Lipinski definition) is 6. The summed E-state index contributed by atoms with van der Waals surface area (Å²) in [6, 6.07) is 0. The van der Waals surface area contributed by atoms with E-state index < -0.39 is 6.10 Å². The Morgan fingerprint density at radius 3 is 0.860 bits per heavy atom. The number of hydrogen-bond donors (Lipinski definition) is 0. The maximum Gasteiger partial charge on any atom is 0.306 e. The minimum absolute atomic E-state index is 0.0628. The van der Waals surface area contributed by atoms with Crippen molar-refractivity contribution >= 4 is 17.9 Å². The lowest BCUT2D eigenvalue weighted by Crippen LogP contribution is -2.30. The number of ether oxygens (including phenoxy) is 3. The van der Waals surface area contributed by atoms with Crippen molar-refractivity contribution < 1.29 is 28.6 Å². The molecule has 1 atom stereocenters. The average Bonchev–Trinajstić information content (AvgIpc) is 3.19. The van der Waals surface area contributed by atoms with Crippen LogP contribution in [0.4, 0.5) is 0 Å². The normalized spacial score (nSPS) is 11.9. The van der Waals surface area contributed by atoms with Crippen LogP contribution in [-0.4, -0.2) is 37.2 Å². The van der Waals surface area contributed by atoms with Crippen LogP contribution in [0, 0.1) is 5.92 Å². The Labute approximate surface area is 355 Å². The number of carbonyl (C=O) groups is 3. The Bertz CT molecular complexity index is 857. The van der Waals surface area contributed by atoms with Gasteiger partial charge in [0.2, 0.25) is 0 Å². The third kappa shape index (κ3) is 45.3. The van der Waals surface area contributed by atoms with Crippen molar-refractivity contribution in [1.82, 2.24) is 0 Å². The predicted molar refractivity (Wildman–Crippen MR) is 243 cm³/mol. The molecule has 0 radical (unpaired) electrons. The third-order valence-electron chi connectivity index (χ3n) is 11.5. The van der Waals surface area contributed by atoms with Crippen molar-refractivity contribution in [3.05, 3.63) is 0 Å². The van der Waals surface area contributed by atoms with Crippen LogP contribution < -0.4 is 0 Å². The van der Waals surface area contributed by atoms with Gasteiger partial charge in [-0.2, -0.15) is 0 Å². The molecule has 0 aliphatic heterocycles. The lowest BCUT2D eigenvalue weighted by molar-refractivity contribution is -0.167. The maximum atomic E-state index is 12.7. The summed E-state index contributed by atoms with van der Waals surface area (Å²) in [5, 5.41) is 0. The summed E-state index contributed by atoms with van der Waals surface area (Å²) in [6.45, 7) is 9.01. The second-order valence-corrected chi connectivity index (χ2v) is 17.9. The molecule has 57 heavy (non-hydrogen) atoms. The molecule has 6 nitrogen and oxygen atoms in total. The second-order valence-electron chi connectivity index (χ2n) is 17.9. The zero-order valence-corrected chi connectivity index (χ0v) is 38.8. The van der Waals surface area contributed by atoms with Gasteiger partial charge in [0.1, 0.15) is 13.2 Å². The van der Waals surface area contributed by atoms with Crippen molar-refractivity contribution in [3.63, 3.8) is 0 Å². The molecule has 338 valence electrons. The first kappa shape index (κ1) is 55.4. The average molecular weight is 807 g/mol. The Hall–Kier alpha value is -1.59. The molecule has 0 aliphatic carbocycles. The minimum Gasteiger partial charge on any atom is -0.462 e. The monoisotopic (exact) mass is 807 g/mol. The lowest BCUT2D eigenvalue weighted by atomic mass is 10.0. The van der Waals surface area contributed by atoms with Gasteiger partial charge in [0.25, 0.3) is 0 Å². The van der Waals surface area contributed by atoms with Crippen molar-refractivity contribution in [3.8, 4) is 0 Å². The minimum atomic E-state index is -0.760. The van der Waals surface area contributed by atoms with Crippen LogP contribution in [0.3, 0.4) is 0 Å². The molecule has 6 heteroatoms. The van der Waals surface area contributed by atoms with Gasteiger partial charge in [-0.3, -0.25) is 14.4 Å². The van der Waals surface area contributed by atoms with Crippen molar-refractivity contribution in [2.45, 2.75) is 291 Å². The summed E-state index contributed by atoms with van der Waals surface area (Å²) in [6.07, 6.45) is 46.5. The topological polar surface area (TPSA) is 78.9 Å². The highest BCUT2D eigenvalue weighted by Gasteiger charge is 2.19. The maximum absolute atomic E-state index is 12.7. The fourth-order valence-electron chi connectivity index (χ4n) is 7.69. The molecule has 0 saturated heterocycles. The summed E-state index contributed by atoms with van der Waals surface area (Å²) < 4.78 is 16.8. The highest BCUT2D eigenvalue weighted by molar-refractivity contribution is 5.71. The van der Waals surface area contributed by atoms with Gasteiger partial charge in [-0.15, -0.1) is 0 Å². The van der Waals surface area contributed by atoms with Crippen LogP contribution in [0.25, 0.3) is 0 Å². The smallest absolute Gasteiger partial charge is 0.306 e. The molecule has 0 rings (SSSR count). The molecular weight excluding hydrogens is 709 g/mol. The molecule has 0 heterocycles. The molecule has 0 saturated carbocycles. The van der Waals surface area contributed by atoms with Gasteiger partial charge < -0.3 is 14.2 Å². The number of rotatable bonds is 46. The van der Waals surface area contributed by atoms with Crippen LogP contribution in [0.2, 0.25) is 0 Å². The van der Waals surface area contributed by atoms with E-state index in [0.29, 0.717) is 19.3 Å². The van der Waals surface area contributed by atoms with Gasteiger partial charge in [-0.05, 0) is 25.2 Å². The number of carbonyl (C=O) groups excluding carboxylic acids is 3. The molecule has 0 aliphatic rings. The first-order valence-corrected chi connectivity index (χ1v) is 25.4. The Balaban J connectivity index is 4.31. The van der Waals surface area contributed by atoms with Crippen LogP contribution in [0.5, 0.6) is 0 Å². The molecular formula is C51H98O6. The zero-order valence-electron chi connectivity index (χ0n) is 38.8. The zero-order chi connectivity index (χ0) is 41.7. The highest BCUT2D eigenvalue weighted by Crippen LogP contribution is 2.17. The Kier molecular flexibility index (Phi) is 44.2. The highest BCUT2D eigenvalue weighted by atomic mass is 16.6. The molecule has 0 aromatic heterocycles. The quantitative estimate of drug-likeness (QED) is 0.0346. The first-order valence-electron chi connectivity index (χ1n) is 25.4. The summed E-state index contributed by atoms with van der Waals surface area (Å²) in [4.78, 5) is 37.9. The van der Waals surface area contributed by atoms with Gasteiger partial charge in [-0.1, -0.05) is 246 Å². The fourth-order valence-corrected chi connectivity index (χ4v) is 7.69. The Morgan fingerprint density at radius 2 is 0.579 bits per heavy atom. The summed E-state index contributed by atoms with van der Waals surface area (Å²) in [7, 11) is 0. The van der Waals surface area contributed by atoms with E-state index in [-0.39, 0.29) is 31.1 Å². The molecule has 0 bridgehead atoms. The molecule has 0 fully saturated rings. The van der Waals surface area contributed by atoms with Crippen molar-refractivity contribution in [2.24, 2.45) is 5.92 Å².